The molecule has 4 aliphatic rings. The third kappa shape index (κ3) is 7.37. The lowest BCUT2D eigenvalue weighted by molar-refractivity contribution is -0.122. The van der Waals surface area contributed by atoms with Gasteiger partial charge in [-0.05, 0) is 76.3 Å². The number of carbonyl (C=O) groups excluding carboxylic acids is 2. The lowest BCUT2D eigenvalue weighted by Gasteiger charge is -2.48. The molecule has 1 aromatic heterocycles. The molecule has 2 N–H and O–H groups in total. The van der Waals surface area contributed by atoms with Crippen LogP contribution in [0.3, 0.4) is 0 Å². The van der Waals surface area contributed by atoms with Crippen molar-refractivity contribution in [3.8, 4) is 5.88 Å². The Morgan fingerprint density at radius 1 is 0.979 bits per heavy atom. The molecule has 3 fully saturated rings. The first-order valence-electron chi connectivity index (χ1n) is 16.6. The number of pyridine rings is 1. The molecule has 1 aromatic carbocycles. The number of ether oxygens (including phenoxy) is 2. The molecule has 4 heterocycles. The van der Waals surface area contributed by atoms with Crippen LogP contribution in [0.5, 0.6) is 5.88 Å². The molecule has 1 aliphatic carbocycles. The summed E-state index contributed by atoms with van der Waals surface area (Å²) >= 11 is 0. The monoisotopic (exact) mass is 652 g/mol. The van der Waals surface area contributed by atoms with E-state index in [1.807, 2.05) is 13.8 Å². The Hall–Kier alpha value is -3.81. The van der Waals surface area contributed by atoms with Crippen molar-refractivity contribution in [1.82, 2.24) is 25.0 Å². The second kappa shape index (κ2) is 13.7. The zero-order valence-corrected chi connectivity index (χ0v) is 27.5. The molecule has 1 saturated carbocycles. The van der Waals surface area contributed by atoms with Crippen molar-refractivity contribution in [2.24, 2.45) is 0 Å². The molecule has 6 rings (SSSR count). The Morgan fingerprint density at radius 2 is 1.68 bits per heavy atom. The third-order valence-electron chi connectivity index (χ3n) is 9.72. The Morgan fingerprint density at radius 3 is 2.34 bits per heavy atom. The summed E-state index contributed by atoms with van der Waals surface area (Å²) in [5.74, 6) is -0.586. The number of hydrogen-bond donors (Lipinski definition) is 2. The first kappa shape index (κ1) is 33.1. The van der Waals surface area contributed by atoms with Gasteiger partial charge < -0.3 is 29.7 Å². The van der Waals surface area contributed by atoms with Crippen molar-refractivity contribution >= 4 is 23.6 Å². The van der Waals surface area contributed by atoms with E-state index in [1.165, 1.54) is 17.0 Å². The summed E-state index contributed by atoms with van der Waals surface area (Å²) in [4.78, 5) is 52.0. The second-order valence-electron chi connectivity index (χ2n) is 13.6. The lowest BCUT2D eigenvalue weighted by Crippen LogP contribution is -2.65. The Bertz CT molecular complexity index is 1480. The number of halogens is 1. The van der Waals surface area contributed by atoms with Gasteiger partial charge in [-0.25, -0.2) is 14.2 Å². The average Bonchev–Trinajstić information content (AvgIpc) is 3.84. The quantitative estimate of drug-likeness (QED) is 0.443. The molecule has 2 aromatic rings. The zero-order valence-electron chi connectivity index (χ0n) is 27.5. The average molecular weight is 653 g/mol. The summed E-state index contributed by atoms with van der Waals surface area (Å²) in [6, 6.07) is 7.57. The number of rotatable bonds is 8. The number of carbonyl (C=O) groups is 3. The number of morpholine rings is 1. The van der Waals surface area contributed by atoms with E-state index in [4.69, 9.17) is 9.47 Å². The molecule has 47 heavy (non-hydrogen) atoms. The summed E-state index contributed by atoms with van der Waals surface area (Å²) in [6.07, 6.45) is 1.19. The number of piperazine rings is 1. The van der Waals surface area contributed by atoms with E-state index in [1.54, 1.807) is 23.1 Å². The smallest absolute Gasteiger partial charge is 0.407 e. The minimum atomic E-state index is -0.964. The third-order valence-corrected chi connectivity index (χ3v) is 9.72. The number of benzene rings is 1. The largest absolute Gasteiger partial charge is 0.474 e. The fraction of sp³-hybridized carbons (Fsp3) is 0.588. The van der Waals surface area contributed by atoms with E-state index in [2.05, 4.69) is 33.9 Å². The number of fused-ring (bicyclic) bond motifs is 1. The maximum atomic E-state index is 14.3. The molecule has 254 valence electrons. The molecule has 3 aliphatic heterocycles. The van der Waals surface area contributed by atoms with Crippen LogP contribution in [-0.2, 0) is 16.0 Å². The van der Waals surface area contributed by atoms with Gasteiger partial charge in [-0.2, -0.15) is 0 Å². The van der Waals surface area contributed by atoms with Gasteiger partial charge in [-0.15, -0.1) is 0 Å². The summed E-state index contributed by atoms with van der Waals surface area (Å²) in [6.45, 7) is 10.8. The summed E-state index contributed by atoms with van der Waals surface area (Å²) in [5, 5.41) is 12.9. The fourth-order valence-corrected chi connectivity index (χ4v) is 6.96. The van der Waals surface area contributed by atoms with Crippen molar-refractivity contribution < 1.29 is 33.4 Å². The van der Waals surface area contributed by atoms with Crippen LogP contribution in [-0.4, -0.2) is 125 Å². The second-order valence-corrected chi connectivity index (χ2v) is 13.6. The summed E-state index contributed by atoms with van der Waals surface area (Å²) in [7, 11) is 0. The molecule has 0 spiro atoms. The predicted molar refractivity (Wildman–Crippen MR) is 172 cm³/mol. The van der Waals surface area contributed by atoms with Crippen molar-refractivity contribution in [2.75, 3.05) is 50.9 Å². The first-order chi connectivity index (χ1) is 22.5. The van der Waals surface area contributed by atoms with Gasteiger partial charge in [0.2, 0.25) is 11.8 Å². The minimum Gasteiger partial charge on any atom is -0.474 e. The number of amides is 3. The van der Waals surface area contributed by atoms with Crippen molar-refractivity contribution in [2.45, 2.75) is 83.2 Å². The van der Waals surface area contributed by atoms with E-state index >= 15 is 0 Å². The first-order valence-corrected chi connectivity index (χ1v) is 16.6. The van der Waals surface area contributed by atoms with E-state index in [-0.39, 0.29) is 78.6 Å². The Labute approximate surface area is 274 Å². The van der Waals surface area contributed by atoms with Gasteiger partial charge >= 0.3 is 6.09 Å². The topological polar surface area (TPSA) is 128 Å². The van der Waals surface area contributed by atoms with Gasteiger partial charge in [0.1, 0.15) is 23.8 Å². The molecule has 0 radical (unpaired) electrons. The minimum absolute atomic E-state index is 0.0799. The fourth-order valence-electron chi connectivity index (χ4n) is 6.96. The maximum Gasteiger partial charge on any atom is 0.407 e. The van der Waals surface area contributed by atoms with E-state index in [0.29, 0.717) is 50.5 Å². The molecular weight excluding hydrogens is 607 g/mol. The molecule has 3 amide bonds. The van der Waals surface area contributed by atoms with Gasteiger partial charge in [-0.1, -0.05) is 12.1 Å². The Kier molecular flexibility index (Phi) is 9.67. The highest BCUT2D eigenvalue weighted by atomic mass is 19.1. The summed E-state index contributed by atoms with van der Waals surface area (Å²) in [5.41, 5.74) is 2.13. The SMILES string of the molecule is C[C@@H]1CN(CC(=O)N2c3cc(Cc4ccc(F)cc4)c(C(=O)NC4CC4)nc3OC[C@@H]2C)[C@@H](CN2[C@H](C)COC[C@H]2C)CN1C(=O)O. The highest BCUT2D eigenvalue weighted by Gasteiger charge is 2.40. The lowest BCUT2D eigenvalue weighted by atomic mass is 10.0. The van der Waals surface area contributed by atoms with Crippen LogP contribution in [0.2, 0.25) is 0 Å². The van der Waals surface area contributed by atoms with Crippen LogP contribution in [0.15, 0.2) is 30.3 Å². The van der Waals surface area contributed by atoms with Crippen LogP contribution in [0, 0.1) is 5.82 Å². The number of hydrogen-bond acceptors (Lipinski definition) is 8. The number of nitrogens with zero attached hydrogens (tertiary/aromatic N) is 5. The van der Waals surface area contributed by atoms with Crippen LogP contribution in [0.4, 0.5) is 14.9 Å². The van der Waals surface area contributed by atoms with E-state index in [9.17, 15) is 23.9 Å². The van der Waals surface area contributed by atoms with Crippen LogP contribution < -0.4 is 15.0 Å². The molecule has 13 heteroatoms. The number of carboxylic acid groups (broad SMARTS) is 1. The van der Waals surface area contributed by atoms with Crippen molar-refractivity contribution in [1.29, 1.82) is 0 Å². The van der Waals surface area contributed by atoms with Crippen molar-refractivity contribution in [3.63, 3.8) is 0 Å². The predicted octanol–water partition coefficient (Wildman–Crippen LogP) is 2.98. The van der Waals surface area contributed by atoms with Gasteiger partial charge in [0.15, 0.2) is 0 Å². The van der Waals surface area contributed by atoms with Crippen LogP contribution >= 0.6 is 0 Å². The Balaban J connectivity index is 1.29. The number of aromatic nitrogens is 1. The molecule has 0 unspecified atom stereocenters. The highest BCUT2D eigenvalue weighted by molar-refractivity contribution is 5.99. The molecule has 2 saturated heterocycles. The van der Waals surface area contributed by atoms with Gasteiger partial charge in [0.25, 0.3) is 5.91 Å². The van der Waals surface area contributed by atoms with Crippen molar-refractivity contribution in [3.05, 3.63) is 53.0 Å². The van der Waals surface area contributed by atoms with Crippen LogP contribution in [0.25, 0.3) is 0 Å². The maximum absolute atomic E-state index is 14.3. The van der Waals surface area contributed by atoms with Gasteiger partial charge in [-0.3, -0.25) is 19.4 Å². The standard InChI is InChI=1S/C34H45FN6O6/c1-20-13-38(28(15-40(20)34(44)45)14-39-21(2)17-46-18-22(39)3)16-30(42)41-23(4)19-47-33-29(41)12-25(11-24-5-7-26(35)8-6-24)31(37-33)32(43)36-27-9-10-27/h5-8,12,20-23,27-28H,9-11,13-19H2,1-4H3,(H,36,43)(H,44,45)/t20-,21-,22-,23+,28+/m1/s1. The molecule has 0 bridgehead atoms. The normalized spacial score (nSPS) is 26.8. The zero-order chi connectivity index (χ0) is 33.4. The summed E-state index contributed by atoms with van der Waals surface area (Å²) < 4.78 is 25.4. The molecule has 5 atom stereocenters. The highest BCUT2D eigenvalue weighted by Crippen LogP contribution is 2.36. The van der Waals surface area contributed by atoms with Gasteiger partial charge in [0.05, 0.1) is 25.8 Å². The van der Waals surface area contributed by atoms with E-state index < -0.39 is 6.09 Å². The number of anilines is 1. The number of nitrogens with one attached hydrogen (secondary N) is 1. The van der Waals surface area contributed by atoms with Gasteiger partial charge in [0, 0.05) is 49.8 Å². The molecular formula is C34H45FN6O6. The molecule has 12 nitrogen and oxygen atoms in total. The van der Waals surface area contributed by atoms with Crippen LogP contribution in [0.1, 0.15) is 62.2 Å². The van der Waals surface area contributed by atoms with E-state index in [0.717, 1.165) is 18.4 Å².